The fourth-order valence-corrected chi connectivity index (χ4v) is 1.92. The summed E-state index contributed by atoms with van der Waals surface area (Å²) in [6, 6.07) is 7.75. The second-order valence-electron chi connectivity index (χ2n) is 4.77. The Kier molecular flexibility index (Phi) is 7.15. The Bertz CT molecular complexity index is 393. The second kappa shape index (κ2) is 8.67. The summed E-state index contributed by atoms with van der Waals surface area (Å²) in [4.78, 5) is 13.9. The van der Waals surface area contributed by atoms with Crippen molar-refractivity contribution in [1.82, 2.24) is 4.90 Å². The standard InChI is InChI=1S/C15H24N2O2/c1-3-4-8-17(9-10-18)12-15(19)16-14-7-5-6-13(2)11-14/h5-7,11,18H,3-4,8-10,12H2,1-2H3,(H,16,19). The van der Waals surface area contributed by atoms with E-state index in [1.165, 1.54) is 0 Å². The van der Waals surface area contributed by atoms with Gasteiger partial charge in [-0.2, -0.15) is 0 Å². The molecule has 106 valence electrons. The number of nitrogens with one attached hydrogen (secondary N) is 1. The number of hydrogen-bond donors (Lipinski definition) is 2. The molecule has 2 N–H and O–H groups in total. The van der Waals surface area contributed by atoms with Gasteiger partial charge in [0.15, 0.2) is 0 Å². The second-order valence-corrected chi connectivity index (χ2v) is 4.77. The molecule has 0 aromatic heterocycles. The number of carbonyl (C=O) groups excluding carboxylic acids is 1. The van der Waals surface area contributed by atoms with Crippen LogP contribution < -0.4 is 5.32 Å². The van der Waals surface area contributed by atoms with Crippen LogP contribution in [-0.2, 0) is 4.79 Å². The molecule has 0 saturated carbocycles. The highest BCUT2D eigenvalue weighted by Crippen LogP contribution is 2.09. The molecule has 0 aliphatic carbocycles. The predicted molar refractivity (Wildman–Crippen MR) is 78.2 cm³/mol. The number of rotatable bonds is 8. The van der Waals surface area contributed by atoms with Crippen LogP contribution in [0, 0.1) is 6.92 Å². The first-order valence-corrected chi connectivity index (χ1v) is 6.85. The molecule has 4 heteroatoms. The van der Waals surface area contributed by atoms with Gasteiger partial charge in [-0.3, -0.25) is 9.69 Å². The Labute approximate surface area is 115 Å². The number of benzene rings is 1. The van der Waals surface area contributed by atoms with Crippen molar-refractivity contribution in [3.05, 3.63) is 29.8 Å². The molecule has 0 bridgehead atoms. The minimum atomic E-state index is -0.0323. The lowest BCUT2D eigenvalue weighted by atomic mass is 10.2. The smallest absolute Gasteiger partial charge is 0.238 e. The molecule has 1 rings (SSSR count). The number of aryl methyl sites for hydroxylation is 1. The third-order valence-corrected chi connectivity index (χ3v) is 2.91. The summed E-state index contributed by atoms with van der Waals surface area (Å²) >= 11 is 0. The number of carbonyl (C=O) groups is 1. The van der Waals surface area contributed by atoms with Gasteiger partial charge < -0.3 is 10.4 Å². The van der Waals surface area contributed by atoms with Gasteiger partial charge >= 0.3 is 0 Å². The molecule has 1 aromatic carbocycles. The zero-order valence-electron chi connectivity index (χ0n) is 11.9. The Morgan fingerprint density at radius 3 is 2.79 bits per heavy atom. The van der Waals surface area contributed by atoms with Crippen molar-refractivity contribution in [1.29, 1.82) is 0 Å². The zero-order valence-corrected chi connectivity index (χ0v) is 11.9. The Morgan fingerprint density at radius 1 is 1.37 bits per heavy atom. The third-order valence-electron chi connectivity index (χ3n) is 2.91. The SMILES string of the molecule is CCCCN(CCO)CC(=O)Nc1cccc(C)c1. The molecule has 19 heavy (non-hydrogen) atoms. The molecule has 0 aliphatic rings. The maximum atomic E-state index is 11.9. The van der Waals surface area contributed by atoms with Crippen molar-refractivity contribution < 1.29 is 9.90 Å². The van der Waals surface area contributed by atoms with Crippen LogP contribution in [0.25, 0.3) is 0 Å². The van der Waals surface area contributed by atoms with E-state index in [4.69, 9.17) is 5.11 Å². The third kappa shape index (κ3) is 6.36. The fraction of sp³-hybridized carbons (Fsp3) is 0.533. The van der Waals surface area contributed by atoms with Gasteiger partial charge in [0, 0.05) is 12.2 Å². The van der Waals surface area contributed by atoms with Gasteiger partial charge in [0.1, 0.15) is 0 Å². The molecule has 0 spiro atoms. The van der Waals surface area contributed by atoms with E-state index in [9.17, 15) is 4.79 Å². The monoisotopic (exact) mass is 264 g/mol. The van der Waals surface area contributed by atoms with Crippen LogP contribution in [0.1, 0.15) is 25.3 Å². The summed E-state index contributed by atoms with van der Waals surface area (Å²) in [7, 11) is 0. The number of aliphatic hydroxyl groups is 1. The number of hydrogen-bond acceptors (Lipinski definition) is 3. The highest BCUT2D eigenvalue weighted by atomic mass is 16.3. The van der Waals surface area contributed by atoms with Gasteiger partial charge in [-0.25, -0.2) is 0 Å². The Morgan fingerprint density at radius 2 is 2.16 bits per heavy atom. The normalized spacial score (nSPS) is 10.7. The highest BCUT2D eigenvalue weighted by molar-refractivity contribution is 5.92. The van der Waals surface area contributed by atoms with E-state index in [2.05, 4.69) is 12.2 Å². The molecule has 0 unspecified atom stereocenters. The van der Waals surface area contributed by atoms with Gasteiger partial charge in [-0.05, 0) is 37.6 Å². The van der Waals surface area contributed by atoms with E-state index in [-0.39, 0.29) is 12.5 Å². The minimum absolute atomic E-state index is 0.0323. The maximum Gasteiger partial charge on any atom is 0.238 e. The van der Waals surface area contributed by atoms with E-state index in [0.717, 1.165) is 30.6 Å². The number of amides is 1. The van der Waals surface area contributed by atoms with Crippen LogP contribution in [0.15, 0.2) is 24.3 Å². The topological polar surface area (TPSA) is 52.6 Å². The van der Waals surface area contributed by atoms with E-state index in [0.29, 0.717) is 13.1 Å². The van der Waals surface area contributed by atoms with Gasteiger partial charge in [0.25, 0.3) is 0 Å². The lowest BCUT2D eigenvalue weighted by Gasteiger charge is -2.20. The largest absolute Gasteiger partial charge is 0.395 e. The molecule has 1 amide bonds. The summed E-state index contributed by atoms with van der Waals surface area (Å²) < 4.78 is 0. The van der Waals surface area contributed by atoms with E-state index >= 15 is 0 Å². The van der Waals surface area contributed by atoms with Crippen LogP contribution in [0.2, 0.25) is 0 Å². The van der Waals surface area contributed by atoms with Gasteiger partial charge in [-0.15, -0.1) is 0 Å². The first-order chi connectivity index (χ1) is 9.15. The Hall–Kier alpha value is -1.39. The number of unbranched alkanes of at least 4 members (excludes halogenated alkanes) is 1. The van der Waals surface area contributed by atoms with Gasteiger partial charge in [0.05, 0.1) is 13.2 Å². The number of anilines is 1. The van der Waals surface area contributed by atoms with Crippen LogP contribution >= 0.6 is 0 Å². The van der Waals surface area contributed by atoms with Crippen molar-refractivity contribution >= 4 is 11.6 Å². The van der Waals surface area contributed by atoms with E-state index in [1.807, 2.05) is 36.1 Å². The van der Waals surface area contributed by atoms with Crippen LogP contribution in [0.4, 0.5) is 5.69 Å². The molecule has 4 nitrogen and oxygen atoms in total. The molecule has 0 fully saturated rings. The summed E-state index contributed by atoms with van der Waals surface area (Å²) in [5, 5.41) is 11.9. The highest BCUT2D eigenvalue weighted by Gasteiger charge is 2.10. The number of nitrogens with zero attached hydrogens (tertiary/aromatic N) is 1. The lowest BCUT2D eigenvalue weighted by molar-refractivity contribution is -0.117. The van der Waals surface area contributed by atoms with Crippen molar-refractivity contribution in [2.24, 2.45) is 0 Å². The first kappa shape index (κ1) is 15.7. The van der Waals surface area contributed by atoms with Crippen molar-refractivity contribution in [3.8, 4) is 0 Å². The lowest BCUT2D eigenvalue weighted by Crippen LogP contribution is -2.35. The Balaban J connectivity index is 2.47. The van der Waals surface area contributed by atoms with Crippen molar-refractivity contribution in [2.75, 3.05) is 31.6 Å². The maximum absolute atomic E-state index is 11.9. The van der Waals surface area contributed by atoms with Crippen LogP contribution in [-0.4, -0.2) is 42.2 Å². The molecule has 0 saturated heterocycles. The molecular weight excluding hydrogens is 240 g/mol. The first-order valence-electron chi connectivity index (χ1n) is 6.85. The zero-order chi connectivity index (χ0) is 14.1. The molecule has 1 aromatic rings. The summed E-state index contributed by atoms with van der Waals surface area (Å²) in [6.07, 6.45) is 2.12. The van der Waals surface area contributed by atoms with Crippen LogP contribution in [0.5, 0.6) is 0 Å². The minimum Gasteiger partial charge on any atom is -0.395 e. The predicted octanol–water partition coefficient (Wildman–Crippen LogP) is 2.03. The van der Waals surface area contributed by atoms with E-state index < -0.39 is 0 Å². The summed E-state index contributed by atoms with van der Waals surface area (Å²) in [5.41, 5.74) is 1.94. The molecule has 0 radical (unpaired) electrons. The molecule has 0 aliphatic heterocycles. The van der Waals surface area contributed by atoms with E-state index in [1.54, 1.807) is 0 Å². The molecular formula is C15H24N2O2. The van der Waals surface area contributed by atoms with Crippen molar-refractivity contribution in [3.63, 3.8) is 0 Å². The fourth-order valence-electron chi connectivity index (χ4n) is 1.92. The van der Waals surface area contributed by atoms with Gasteiger partial charge in [-0.1, -0.05) is 25.5 Å². The quantitative estimate of drug-likeness (QED) is 0.755. The molecule has 0 heterocycles. The molecule has 0 atom stereocenters. The van der Waals surface area contributed by atoms with Crippen molar-refractivity contribution in [2.45, 2.75) is 26.7 Å². The average Bonchev–Trinajstić information content (AvgIpc) is 2.36. The summed E-state index contributed by atoms with van der Waals surface area (Å²) in [6.45, 7) is 5.91. The number of aliphatic hydroxyl groups excluding tert-OH is 1. The average molecular weight is 264 g/mol. The van der Waals surface area contributed by atoms with Gasteiger partial charge in [0.2, 0.25) is 5.91 Å². The summed E-state index contributed by atoms with van der Waals surface area (Å²) in [5.74, 6) is -0.0323. The van der Waals surface area contributed by atoms with Crippen LogP contribution in [0.3, 0.4) is 0 Å².